The summed E-state index contributed by atoms with van der Waals surface area (Å²) in [5.41, 5.74) is 0.569. The molecule has 0 fully saturated rings. The number of benzene rings is 2. The Bertz CT molecular complexity index is 638. The van der Waals surface area contributed by atoms with Gasteiger partial charge in [0.2, 0.25) is 0 Å². The molecule has 0 aliphatic heterocycles. The smallest absolute Gasteiger partial charge is 0.337 e. The average Bonchev–Trinajstić information content (AvgIpc) is 2.48. The van der Waals surface area contributed by atoms with Crippen molar-refractivity contribution in [1.29, 1.82) is 0 Å². The summed E-state index contributed by atoms with van der Waals surface area (Å²) >= 11 is 0. The van der Waals surface area contributed by atoms with E-state index in [2.05, 4.69) is 5.32 Å². The van der Waals surface area contributed by atoms with Crippen LogP contribution in [0.5, 0.6) is 5.75 Å². The van der Waals surface area contributed by atoms with E-state index in [1.165, 1.54) is 13.2 Å². The molecule has 1 amide bonds. The minimum atomic E-state index is -1.13. The highest BCUT2D eigenvalue weighted by molar-refractivity contribution is 6.08. The van der Waals surface area contributed by atoms with Crippen LogP contribution in [0.3, 0.4) is 0 Å². The molecule has 0 heterocycles. The van der Waals surface area contributed by atoms with Crippen LogP contribution >= 0.6 is 0 Å². The van der Waals surface area contributed by atoms with Crippen molar-refractivity contribution >= 4 is 17.6 Å². The standard InChI is InChI=1S/C15H13NO4/c1-20-12-9-5-8-11(15(18)19)13(12)16-14(17)10-6-3-2-4-7-10/h2-9H,1H3,(H,16,17)(H,18,19). The van der Waals surface area contributed by atoms with Gasteiger partial charge in [-0.3, -0.25) is 4.79 Å². The van der Waals surface area contributed by atoms with Crippen LogP contribution in [-0.2, 0) is 0 Å². The molecule has 2 aromatic rings. The van der Waals surface area contributed by atoms with E-state index in [1.807, 2.05) is 0 Å². The summed E-state index contributed by atoms with van der Waals surface area (Å²) in [6.07, 6.45) is 0. The molecule has 0 spiro atoms. The molecular weight excluding hydrogens is 258 g/mol. The number of para-hydroxylation sites is 1. The summed E-state index contributed by atoms with van der Waals surface area (Å²) in [4.78, 5) is 23.3. The molecule has 5 nitrogen and oxygen atoms in total. The van der Waals surface area contributed by atoms with Gasteiger partial charge in [-0.15, -0.1) is 0 Å². The number of ether oxygens (including phenoxy) is 1. The van der Waals surface area contributed by atoms with Gasteiger partial charge < -0.3 is 15.2 Å². The molecule has 2 rings (SSSR count). The van der Waals surface area contributed by atoms with E-state index >= 15 is 0 Å². The maximum Gasteiger partial charge on any atom is 0.337 e. The van der Waals surface area contributed by atoms with Crippen LogP contribution in [-0.4, -0.2) is 24.1 Å². The summed E-state index contributed by atoms with van der Waals surface area (Å²) in [6.45, 7) is 0. The fourth-order valence-electron chi connectivity index (χ4n) is 1.78. The van der Waals surface area contributed by atoms with E-state index in [0.717, 1.165) is 0 Å². The van der Waals surface area contributed by atoms with Gasteiger partial charge in [0.1, 0.15) is 5.75 Å². The van der Waals surface area contributed by atoms with Crippen molar-refractivity contribution in [1.82, 2.24) is 0 Å². The van der Waals surface area contributed by atoms with Gasteiger partial charge in [0.25, 0.3) is 5.91 Å². The fraction of sp³-hybridized carbons (Fsp3) is 0.0667. The van der Waals surface area contributed by atoms with E-state index in [0.29, 0.717) is 11.3 Å². The largest absolute Gasteiger partial charge is 0.495 e. The number of hydrogen-bond acceptors (Lipinski definition) is 3. The van der Waals surface area contributed by atoms with Crippen LogP contribution in [0.4, 0.5) is 5.69 Å². The molecule has 102 valence electrons. The van der Waals surface area contributed by atoms with Crippen molar-refractivity contribution in [3.63, 3.8) is 0 Å². The van der Waals surface area contributed by atoms with Gasteiger partial charge >= 0.3 is 5.97 Å². The van der Waals surface area contributed by atoms with Crippen molar-refractivity contribution in [2.24, 2.45) is 0 Å². The van der Waals surface area contributed by atoms with E-state index in [1.54, 1.807) is 42.5 Å². The number of methoxy groups -OCH3 is 1. The Hall–Kier alpha value is -2.82. The number of anilines is 1. The Morgan fingerprint density at radius 3 is 2.35 bits per heavy atom. The number of hydrogen-bond donors (Lipinski definition) is 2. The molecule has 0 aliphatic carbocycles. The summed E-state index contributed by atoms with van der Waals surface area (Å²) in [6, 6.07) is 13.1. The SMILES string of the molecule is COc1cccc(C(=O)O)c1NC(=O)c1ccccc1. The monoisotopic (exact) mass is 271 g/mol. The highest BCUT2D eigenvalue weighted by Gasteiger charge is 2.17. The number of amides is 1. The zero-order valence-corrected chi connectivity index (χ0v) is 10.8. The topological polar surface area (TPSA) is 75.6 Å². The number of carbonyl (C=O) groups is 2. The normalized spacial score (nSPS) is 9.85. The van der Waals surface area contributed by atoms with Gasteiger partial charge in [-0.05, 0) is 24.3 Å². The number of rotatable bonds is 4. The third-order valence-corrected chi connectivity index (χ3v) is 2.75. The van der Waals surface area contributed by atoms with Gasteiger partial charge in [-0.25, -0.2) is 4.79 Å². The number of aromatic carboxylic acids is 1. The molecule has 5 heteroatoms. The molecule has 0 atom stereocenters. The molecule has 0 bridgehead atoms. The molecule has 0 aliphatic rings. The lowest BCUT2D eigenvalue weighted by Gasteiger charge is -2.12. The molecule has 0 unspecified atom stereocenters. The van der Waals surface area contributed by atoms with Crippen molar-refractivity contribution in [2.45, 2.75) is 0 Å². The maximum absolute atomic E-state index is 12.1. The molecule has 0 saturated carbocycles. The molecule has 0 aromatic heterocycles. The van der Waals surface area contributed by atoms with Crippen LogP contribution in [0.2, 0.25) is 0 Å². The lowest BCUT2D eigenvalue weighted by molar-refractivity contribution is 0.0697. The second kappa shape index (κ2) is 5.88. The zero-order chi connectivity index (χ0) is 14.5. The minimum Gasteiger partial charge on any atom is -0.495 e. The lowest BCUT2D eigenvalue weighted by atomic mass is 10.1. The van der Waals surface area contributed by atoms with Crippen LogP contribution in [0.15, 0.2) is 48.5 Å². The maximum atomic E-state index is 12.1. The first-order valence-electron chi connectivity index (χ1n) is 5.90. The van der Waals surface area contributed by atoms with E-state index in [-0.39, 0.29) is 11.3 Å². The second-order valence-corrected chi connectivity index (χ2v) is 4.01. The third kappa shape index (κ3) is 2.77. The Balaban J connectivity index is 2.38. The fourth-order valence-corrected chi connectivity index (χ4v) is 1.78. The first kappa shape index (κ1) is 13.6. The van der Waals surface area contributed by atoms with E-state index in [4.69, 9.17) is 9.84 Å². The number of nitrogens with one attached hydrogen (secondary N) is 1. The first-order chi connectivity index (χ1) is 9.63. The molecule has 2 aromatic carbocycles. The second-order valence-electron chi connectivity index (χ2n) is 4.01. The van der Waals surface area contributed by atoms with Crippen molar-refractivity contribution < 1.29 is 19.4 Å². The molecule has 0 radical (unpaired) electrons. The van der Waals surface area contributed by atoms with Crippen LogP contribution in [0.25, 0.3) is 0 Å². The lowest BCUT2D eigenvalue weighted by Crippen LogP contribution is -2.15. The van der Waals surface area contributed by atoms with Crippen LogP contribution in [0, 0.1) is 0 Å². The van der Waals surface area contributed by atoms with Gasteiger partial charge in [-0.1, -0.05) is 24.3 Å². The number of carboxylic acids is 1. The Labute approximate surface area is 115 Å². The first-order valence-corrected chi connectivity index (χ1v) is 5.90. The quantitative estimate of drug-likeness (QED) is 0.896. The molecule has 0 saturated heterocycles. The summed E-state index contributed by atoms with van der Waals surface area (Å²) in [5.74, 6) is -1.22. The number of carboxylic acid groups (broad SMARTS) is 1. The minimum absolute atomic E-state index is 0.0198. The number of carbonyl (C=O) groups excluding carboxylic acids is 1. The molecular formula is C15H13NO4. The van der Waals surface area contributed by atoms with Gasteiger partial charge in [0.15, 0.2) is 0 Å². The zero-order valence-electron chi connectivity index (χ0n) is 10.8. The Morgan fingerprint density at radius 2 is 1.75 bits per heavy atom. The average molecular weight is 271 g/mol. The summed E-state index contributed by atoms with van der Waals surface area (Å²) in [5, 5.41) is 11.7. The van der Waals surface area contributed by atoms with Gasteiger partial charge in [0.05, 0.1) is 18.4 Å². The van der Waals surface area contributed by atoms with Crippen molar-refractivity contribution in [3.8, 4) is 5.75 Å². The Morgan fingerprint density at radius 1 is 1.05 bits per heavy atom. The summed E-state index contributed by atoms with van der Waals surface area (Å²) < 4.78 is 5.09. The predicted molar refractivity (Wildman–Crippen MR) is 74.3 cm³/mol. The summed E-state index contributed by atoms with van der Waals surface area (Å²) in [7, 11) is 1.42. The highest BCUT2D eigenvalue weighted by atomic mass is 16.5. The third-order valence-electron chi connectivity index (χ3n) is 2.75. The van der Waals surface area contributed by atoms with Gasteiger partial charge in [-0.2, -0.15) is 0 Å². The van der Waals surface area contributed by atoms with E-state index in [9.17, 15) is 9.59 Å². The van der Waals surface area contributed by atoms with Crippen molar-refractivity contribution in [2.75, 3.05) is 12.4 Å². The van der Waals surface area contributed by atoms with Gasteiger partial charge in [0, 0.05) is 5.56 Å². The van der Waals surface area contributed by atoms with Crippen molar-refractivity contribution in [3.05, 3.63) is 59.7 Å². The van der Waals surface area contributed by atoms with Crippen LogP contribution < -0.4 is 10.1 Å². The van der Waals surface area contributed by atoms with Crippen LogP contribution in [0.1, 0.15) is 20.7 Å². The molecule has 2 N–H and O–H groups in total. The van der Waals surface area contributed by atoms with E-state index < -0.39 is 11.9 Å². The predicted octanol–water partition coefficient (Wildman–Crippen LogP) is 2.65. The highest BCUT2D eigenvalue weighted by Crippen LogP contribution is 2.28. The Kier molecular flexibility index (Phi) is 4.00. The molecule has 20 heavy (non-hydrogen) atoms.